The van der Waals surface area contributed by atoms with E-state index in [2.05, 4.69) is 11.4 Å². The van der Waals surface area contributed by atoms with Gasteiger partial charge in [-0.2, -0.15) is 5.26 Å². The topological polar surface area (TPSA) is 74.6 Å². The first-order chi connectivity index (χ1) is 12.2. The van der Waals surface area contributed by atoms with Gasteiger partial charge in [-0.05, 0) is 42.0 Å². The third kappa shape index (κ3) is 3.08. The predicted octanol–water partition coefficient (Wildman–Crippen LogP) is 3.57. The number of rotatable bonds is 2. The van der Waals surface area contributed by atoms with Gasteiger partial charge in [0.15, 0.2) is 11.5 Å². The van der Waals surface area contributed by atoms with Crippen molar-refractivity contribution in [2.45, 2.75) is 5.37 Å². The highest BCUT2D eigenvalue weighted by atomic mass is 32.2. The number of benzene rings is 2. The molecule has 0 unspecified atom stereocenters. The Labute approximate surface area is 149 Å². The molecule has 1 saturated heterocycles. The summed E-state index contributed by atoms with van der Waals surface area (Å²) < 4.78 is 10.8. The summed E-state index contributed by atoms with van der Waals surface area (Å²) in [6, 6.07) is 14.5. The van der Waals surface area contributed by atoms with E-state index < -0.39 is 0 Å². The number of carbonyl (C=O) groups excluding carboxylic acids is 1. The van der Waals surface area contributed by atoms with Gasteiger partial charge in [0, 0.05) is 18.0 Å². The molecule has 4 rings (SSSR count). The average Bonchev–Trinajstić information content (AvgIpc) is 3.30. The van der Waals surface area contributed by atoms with Crippen LogP contribution in [0.15, 0.2) is 42.5 Å². The van der Waals surface area contributed by atoms with Crippen LogP contribution in [0.1, 0.15) is 16.5 Å². The highest BCUT2D eigenvalue weighted by Crippen LogP contribution is 2.42. The van der Waals surface area contributed by atoms with Crippen LogP contribution in [0, 0.1) is 11.3 Å². The van der Waals surface area contributed by atoms with Crippen LogP contribution in [0.25, 0.3) is 0 Å². The number of thioether (sulfide) groups is 1. The standard InChI is InChI=1S/C18H15N3O3S/c19-10-12-1-4-14(5-2-12)20-18(22)21-7-8-25-17(21)13-3-6-15-16(9-13)24-11-23-15/h1-6,9,17H,7-8,11H2,(H,20,22)/t17-/m1/s1. The molecule has 7 heteroatoms. The largest absolute Gasteiger partial charge is 0.454 e. The fourth-order valence-electron chi connectivity index (χ4n) is 2.84. The van der Waals surface area contributed by atoms with E-state index in [-0.39, 0.29) is 18.2 Å². The van der Waals surface area contributed by atoms with Gasteiger partial charge in [-0.25, -0.2) is 4.79 Å². The van der Waals surface area contributed by atoms with E-state index in [0.717, 1.165) is 22.8 Å². The van der Waals surface area contributed by atoms with Gasteiger partial charge in [0.1, 0.15) is 5.37 Å². The van der Waals surface area contributed by atoms with Crippen molar-refractivity contribution in [2.75, 3.05) is 24.4 Å². The molecule has 126 valence electrons. The van der Waals surface area contributed by atoms with E-state index in [0.29, 0.717) is 17.8 Å². The van der Waals surface area contributed by atoms with Gasteiger partial charge in [-0.1, -0.05) is 6.07 Å². The minimum atomic E-state index is -0.155. The summed E-state index contributed by atoms with van der Waals surface area (Å²) in [5.41, 5.74) is 2.25. The van der Waals surface area contributed by atoms with Crippen molar-refractivity contribution in [3.63, 3.8) is 0 Å². The monoisotopic (exact) mass is 353 g/mol. The molecule has 0 spiro atoms. The van der Waals surface area contributed by atoms with Crippen LogP contribution in [0.2, 0.25) is 0 Å². The van der Waals surface area contributed by atoms with Crippen LogP contribution in [-0.4, -0.2) is 30.0 Å². The summed E-state index contributed by atoms with van der Waals surface area (Å²) in [4.78, 5) is 14.5. The van der Waals surface area contributed by atoms with E-state index in [9.17, 15) is 4.79 Å². The van der Waals surface area contributed by atoms with Crippen molar-refractivity contribution in [2.24, 2.45) is 0 Å². The van der Waals surface area contributed by atoms with Gasteiger partial charge >= 0.3 is 6.03 Å². The molecule has 1 fully saturated rings. The number of hydrogen-bond acceptors (Lipinski definition) is 5. The molecule has 1 atom stereocenters. The zero-order chi connectivity index (χ0) is 17.2. The van der Waals surface area contributed by atoms with Crippen LogP contribution in [0.3, 0.4) is 0 Å². The Balaban J connectivity index is 1.50. The number of anilines is 1. The number of nitrogens with one attached hydrogen (secondary N) is 1. The Bertz CT molecular complexity index is 848. The minimum Gasteiger partial charge on any atom is -0.454 e. The zero-order valence-electron chi connectivity index (χ0n) is 13.3. The molecule has 25 heavy (non-hydrogen) atoms. The number of urea groups is 1. The summed E-state index contributed by atoms with van der Waals surface area (Å²) in [7, 11) is 0. The lowest BCUT2D eigenvalue weighted by molar-refractivity contribution is 0.174. The number of carbonyl (C=O) groups is 1. The lowest BCUT2D eigenvalue weighted by Crippen LogP contribution is -2.34. The average molecular weight is 353 g/mol. The highest BCUT2D eigenvalue weighted by Gasteiger charge is 2.31. The maximum Gasteiger partial charge on any atom is 0.323 e. The second-order valence-corrected chi connectivity index (χ2v) is 6.84. The Kier molecular flexibility index (Phi) is 4.12. The van der Waals surface area contributed by atoms with Crippen LogP contribution < -0.4 is 14.8 Å². The molecule has 2 aliphatic rings. The normalized spacial score (nSPS) is 18.0. The summed E-state index contributed by atoms with van der Waals surface area (Å²) in [5.74, 6) is 2.33. The van der Waals surface area contributed by atoms with Gasteiger partial charge in [-0.15, -0.1) is 11.8 Å². The molecule has 2 amide bonds. The van der Waals surface area contributed by atoms with Crippen molar-refractivity contribution in [3.8, 4) is 17.6 Å². The van der Waals surface area contributed by atoms with E-state index in [1.165, 1.54) is 0 Å². The van der Waals surface area contributed by atoms with Crippen LogP contribution in [0.4, 0.5) is 10.5 Å². The Morgan fingerprint density at radius 1 is 1.20 bits per heavy atom. The third-order valence-corrected chi connectivity index (χ3v) is 5.36. The maximum atomic E-state index is 12.7. The molecule has 0 saturated carbocycles. The smallest absolute Gasteiger partial charge is 0.323 e. The summed E-state index contributed by atoms with van der Waals surface area (Å²) in [5, 5.41) is 11.7. The first-order valence-electron chi connectivity index (χ1n) is 7.83. The van der Waals surface area contributed by atoms with Gasteiger partial charge in [0.05, 0.1) is 11.6 Å². The van der Waals surface area contributed by atoms with Gasteiger partial charge in [-0.3, -0.25) is 0 Å². The lowest BCUT2D eigenvalue weighted by Gasteiger charge is -2.24. The number of hydrogen-bond donors (Lipinski definition) is 1. The first kappa shape index (κ1) is 15.7. The second kappa shape index (κ2) is 6.57. The molecule has 2 aliphatic heterocycles. The molecular weight excluding hydrogens is 338 g/mol. The molecular formula is C18H15N3O3S. The Morgan fingerprint density at radius 2 is 2.00 bits per heavy atom. The van der Waals surface area contributed by atoms with Crippen LogP contribution >= 0.6 is 11.8 Å². The van der Waals surface area contributed by atoms with Gasteiger partial charge in [0.2, 0.25) is 6.79 Å². The number of nitriles is 1. The van der Waals surface area contributed by atoms with Crippen molar-refractivity contribution < 1.29 is 14.3 Å². The highest BCUT2D eigenvalue weighted by molar-refractivity contribution is 7.99. The SMILES string of the molecule is N#Cc1ccc(NC(=O)N2CCS[C@@H]2c2ccc3c(c2)OCO3)cc1. The van der Waals surface area contributed by atoms with Gasteiger partial charge < -0.3 is 19.7 Å². The zero-order valence-corrected chi connectivity index (χ0v) is 14.1. The van der Waals surface area contributed by atoms with Crippen LogP contribution in [-0.2, 0) is 0 Å². The van der Waals surface area contributed by atoms with E-state index in [1.54, 1.807) is 40.9 Å². The number of amides is 2. The van der Waals surface area contributed by atoms with Crippen molar-refractivity contribution in [1.29, 1.82) is 5.26 Å². The molecule has 2 aromatic rings. The summed E-state index contributed by atoms with van der Waals surface area (Å²) >= 11 is 1.72. The first-order valence-corrected chi connectivity index (χ1v) is 8.88. The fourth-order valence-corrected chi connectivity index (χ4v) is 4.09. The van der Waals surface area contributed by atoms with Crippen LogP contribution in [0.5, 0.6) is 11.5 Å². The summed E-state index contributed by atoms with van der Waals surface area (Å²) in [6.45, 7) is 0.908. The predicted molar refractivity (Wildman–Crippen MR) is 94.6 cm³/mol. The van der Waals surface area contributed by atoms with E-state index in [1.807, 2.05) is 18.2 Å². The molecule has 0 radical (unpaired) electrons. The van der Waals surface area contributed by atoms with E-state index in [4.69, 9.17) is 14.7 Å². The van der Waals surface area contributed by atoms with E-state index >= 15 is 0 Å². The lowest BCUT2D eigenvalue weighted by atomic mass is 10.2. The second-order valence-electron chi connectivity index (χ2n) is 5.65. The molecule has 0 aromatic heterocycles. The summed E-state index contributed by atoms with van der Waals surface area (Å²) in [6.07, 6.45) is 0. The third-order valence-electron chi connectivity index (χ3n) is 4.10. The molecule has 2 aromatic carbocycles. The molecule has 6 nitrogen and oxygen atoms in total. The van der Waals surface area contributed by atoms with Crippen molar-refractivity contribution in [1.82, 2.24) is 4.90 Å². The van der Waals surface area contributed by atoms with Gasteiger partial charge in [0.25, 0.3) is 0 Å². The number of fused-ring (bicyclic) bond motifs is 1. The maximum absolute atomic E-state index is 12.7. The van der Waals surface area contributed by atoms with Crippen molar-refractivity contribution in [3.05, 3.63) is 53.6 Å². The molecule has 0 bridgehead atoms. The minimum absolute atomic E-state index is 0.0621. The molecule has 1 N–H and O–H groups in total. The Hall–Kier alpha value is -2.85. The fraction of sp³-hybridized carbons (Fsp3) is 0.222. The Morgan fingerprint density at radius 3 is 2.80 bits per heavy atom. The molecule has 0 aliphatic carbocycles. The molecule has 2 heterocycles. The quantitative estimate of drug-likeness (QED) is 0.893. The number of nitrogens with zero attached hydrogens (tertiary/aromatic N) is 2. The number of ether oxygens (including phenoxy) is 2. The van der Waals surface area contributed by atoms with Crippen molar-refractivity contribution >= 4 is 23.5 Å².